The molecule has 0 aliphatic carbocycles. The van der Waals surface area contributed by atoms with Crippen molar-refractivity contribution in [1.82, 2.24) is 5.32 Å². The molecule has 18 heavy (non-hydrogen) atoms. The van der Waals surface area contributed by atoms with Gasteiger partial charge in [0.2, 0.25) is 0 Å². The third-order valence-corrected chi connectivity index (χ3v) is 3.99. The first-order valence-electron chi connectivity index (χ1n) is 6.30. The second-order valence-electron chi connectivity index (χ2n) is 4.95. The van der Waals surface area contributed by atoms with Gasteiger partial charge in [-0.1, -0.05) is 6.42 Å². The molecule has 0 bridgehead atoms. The molecule has 0 saturated carbocycles. The molecule has 2 rings (SSSR count). The summed E-state index contributed by atoms with van der Waals surface area (Å²) < 4.78 is 13.4. The largest absolute Gasteiger partial charge is 0.311 e. The van der Waals surface area contributed by atoms with E-state index in [1.54, 1.807) is 12.1 Å². The van der Waals surface area contributed by atoms with Crippen molar-refractivity contribution in [2.24, 2.45) is 0 Å². The highest BCUT2D eigenvalue weighted by molar-refractivity contribution is 9.10. The second-order valence-corrected chi connectivity index (χ2v) is 5.81. The van der Waals surface area contributed by atoms with Gasteiger partial charge in [-0.25, -0.2) is 4.39 Å². The first-order chi connectivity index (χ1) is 8.56. The lowest BCUT2D eigenvalue weighted by molar-refractivity contribution is 0.0959. The molecule has 0 amide bonds. The molecule has 1 fully saturated rings. The fourth-order valence-corrected chi connectivity index (χ4v) is 2.79. The van der Waals surface area contributed by atoms with Crippen LogP contribution >= 0.6 is 15.9 Å². The van der Waals surface area contributed by atoms with Crippen LogP contribution in [0.4, 0.5) is 4.39 Å². The van der Waals surface area contributed by atoms with Crippen molar-refractivity contribution in [3.05, 3.63) is 34.1 Å². The topological polar surface area (TPSA) is 29.1 Å². The smallest absolute Gasteiger partial charge is 0.164 e. The van der Waals surface area contributed by atoms with E-state index in [4.69, 9.17) is 0 Å². The molecule has 0 aromatic heterocycles. The zero-order valence-electron chi connectivity index (χ0n) is 10.4. The molecule has 1 aromatic rings. The fraction of sp³-hybridized carbons (Fsp3) is 0.500. The number of hydrogen-bond donors (Lipinski definition) is 1. The van der Waals surface area contributed by atoms with E-state index in [2.05, 4.69) is 28.2 Å². The summed E-state index contributed by atoms with van der Waals surface area (Å²) in [5, 5.41) is 3.44. The number of halogens is 2. The molecule has 2 atom stereocenters. The summed E-state index contributed by atoms with van der Waals surface area (Å²) in [6, 6.07) is 5.17. The van der Waals surface area contributed by atoms with Gasteiger partial charge in [-0.05, 0) is 53.9 Å². The van der Waals surface area contributed by atoms with E-state index >= 15 is 0 Å². The number of nitrogens with one attached hydrogen (secondary N) is 1. The predicted molar refractivity (Wildman–Crippen MR) is 73.3 cm³/mol. The van der Waals surface area contributed by atoms with Crippen molar-refractivity contribution in [1.29, 1.82) is 0 Å². The van der Waals surface area contributed by atoms with Crippen LogP contribution in [0.15, 0.2) is 22.7 Å². The van der Waals surface area contributed by atoms with Crippen LogP contribution in [0.25, 0.3) is 0 Å². The van der Waals surface area contributed by atoms with Crippen molar-refractivity contribution in [3.8, 4) is 0 Å². The van der Waals surface area contributed by atoms with E-state index in [0.29, 0.717) is 22.5 Å². The third-order valence-electron chi connectivity index (χ3n) is 3.38. The molecule has 1 N–H and O–H groups in total. The summed E-state index contributed by atoms with van der Waals surface area (Å²) in [5.41, 5.74) is 0.573. The van der Waals surface area contributed by atoms with Gasteiger partial charge >= 0.3 is 0 Å². The summed E-state index contributed by atoms with van der Waals surface area (Å²) >= 11 is 3.11. The van der Waals surface area contributed by atoms with Gasteiger partial charge in [-0.3, -0.25) is 4.79 Å². The monoisotopic (exact) mass is 313 g/mol. The summed E-state index contributed by atoms with van der Waals surface area (Å²) in [5.74, 6) is -0.265. The first kappa shape index (κ1) is 13.7. The minimum Gasteiger partial charge on any atom is -0.311 e. The Labute approximate surface area is 115 Å². The molecular formula is C14H17BrFNO. The standard InChI is InChI=1S/C14H17BrFNO/c1-9-3-2-4-11(17-9)8-14(18)10-5-6-13(16)12(15)7-10/h5-7,9,11,17H,2-4,8H2,1H3. The van der Waals surface area contributed by atoms with Crippen LogP contribution in [0.5, 0.6) is 0 Å². The van der Waals surface area contributed by atoms with E-state index in [1.165, 1.54) is 18.9 Å². The number of benzene rings is 1. The zero-order valence-corrected chi connectivity index (χ0v) is 12.0. The maximum Gasteiger partial charge on any atom is 0.164 e. The van der Waals surface area contributed by atoms with Crippen LogP contribution < -0.4 is 5.32 Å². The van der Waals surface area contributed by atoms with E-state index in [-0.39, 0.29) is 17.6 Å². The Hall–Kier alpha value is -0.740. The molecule has 0 spiro atoms. The van der Waals surface area contributed by atoms with Crippen molar-refractivity contribution in [2.45, 2.75) is 44.7 Å². The highest BCUT2D eigenvalue weighted by atomic mass is 79.9. The molecule has 0 radical (unpaired) electrons. The van der Waals surface area contributed by atoms with Gasteiger partial charge in [0.25, 0.3) is 0 Å². The average molecular weight is 314 g/mol. The highest BCUT2D eigenvalue weighted by Gasteiger charge is 2.21. The number of piperidine rings is 1. The van der Waals surface area contributed by atoms with Crippen molar-refractivity contribution >= 4 is 21.7 Å². The minimum atomic E-state index is -0.337. The van der Waals surface area contributed by atoms with Gasteiger partial charge in [0.15, 0.2) is 5.78 Å². The Morgan fingerprint density at radius 2 is 2.28 bits per heavy atom. The van der Waals surface area contributed by atoms with Crippen molar-refractivity contribution in [2.75, 3.05) is 0 Å². The Morgan fingerprint density at radius 1 is 1.50 bits per heavy atom. The summed E-state index contributed by atoms with van der Waals surface area (Å²) in [4.78, 5) is 12.1. The lowest BCUT2D eigenvalue weighted by Gasteiger charge is -2.28. The molecule has 1 aliphatic rings. The van der Waals surface area contributed by atoms with Crippen molar-refractivity contribution in [3.63, 3.8) is 0 Å². The number of carbonyl (C=O) groups excluding carboxylic acids is 1. The van der Waals surface area contributed by atoms with Crippen LogP contribution in [0.2, 0.25) is 0 Å². The van der Waals surface area contributed by atoms with Crippen molar-refractivity contribution < 1.29 is 9.18 Å². The van der Waals surface area contributed by atoms with Gasteiger partial charge in [0.1, 0.15) is 5.82 Å². The number of ketones is 1. The molecule has 1 aromatic carbocycles. The van der Waals surface area contributed by atoms with E-state index < -0.39 is 0 Å². The van der Waals surface area contributed by atoms with Gasteiger partial charge in [-0.2, -0.15) is 0 Å². The SMILES string of the molecule is CC1CCCC(CC(=O)c2ccc(F)c(Br)c2)N1. The van der Waals surface area contributed by atoms with Gasteiger partial charge in [0, 0.05) is 24.1 Å². The lowest BCUT2D eigenvalue weighted by Crippen LogP contribution is -2.41. The van der Waals surface area contributed by atoms with E-state index in [1.807, 2.05) is 0 Å². The Balaban J connectivity index is 2.00. The predicted octanol–water partition coefficient (Wildman–Crippen LogP) is 3.69. The average Bonchev–Trinajstić information content (AvgIpc) is 2.32. The van der Waals surface area contributed by atoms with Gasteiger partial charge in [0.05, 0.1) is 4.47 Å². The van der Waals surface area contributed by atoms with Crippen LogP contribution in [-0.4, -0.2) is 17.9 Å². The maximum absolute atomic E-state index is 13.1. The number of Topliss-reactive ketones (excluding diaryl/α,β-unsaturated/α-hetero) is 1. The summed E-state index contributed by atoms with van der Waals surface area (Å²) in [7, 11) is 0. The quantitative estimate of drug-likeness (QED) is 0.862. The minimum absolute atomic E-state index is 0.0716. The molecule has 4 heteroatoms. The number of rotatable bonds is 3. The molecule has 2 nitrogen and oxygen atoms in total. The molecule has 98 valence electrons. The van der Waals surface area contributed by atoms with Crippen LogP contribution in [0.1, 0.15) is 43.0 Å². The molecular weight excluding hydrogens is 297 g/mol. The van der Waals surface area contributed by atoms with Gasteiger partial charge in [-0.15, -0.1) is 0 Å². The summed E-state index contributed by atoms with van der Waals surface area (Å²) in [6.45, 7) is 2.14. The summed E-state index contributed by atoms with van der Waals surface area (Å²) in [6.07, 6.45) is 3.87. The lowest BCUT2D eigenvalue weighted by atomic mass is 9.94. The van der Waals surface area contributed by atoms with E-state index in [9.17, 15) is 9.18 Å². The number of carbonyl (C=O) groups is 1. The van der Waals surface area contributed by atoms with Crippen LogP contribution in [0.3, 0.4) is 0 Å². The molecule has 1 aliphatic heterocycles. The molecule has 1 saturated heterocycles. The third kappa shape index (κ3) is 3.39. The normalized spacial score (nSPS) is 23.9. The Morgan fingerprint density at radius 3 is 2.94 bits per heavy atom. The van der Waals surface area contributed by atoms with Gasteiger partial charge < -0.3 is 5.32 Å². The number of hydrogen-bond acceptors (Lipinski definition) is 2. The Kier molecular flexibility index (Phi) is 4.51. The Bertz CT molecular complexity index is 449. The van der Waals surface area contributed by atoms with Crippen LogP contribution in [0, 0.1) is 5.82 Å². The molecule has 2 unspecified atom stereocenters. The molecule has 1 heterocycles. The second kappa shape index (κ2) is 5.93. The van der Waals surface area contributed by atoms with E-state index in [0.717, 1.165) is 6.42 Å². The first-order valence-corrected chi connectivity index (χ1v) is 7.10. The highest BCUT2D eigenvalue weighted by Crippen LogP contribution is 2.20. The maximum atomic E-state index is 13.1. The fourth-order valence-electron chi connectivity index (χ4n) is 2.41. The van der Waals surface area contributed by atoms with Crippen LogP contribution in [-0.2, 0) is 0 Å². The zero-order chi connectivity index (χ0) is 13.1.